The van der Waals surface area contributed by atoms with Crippen molar-refractivity contribution in [3.63, 3.8) is 0 Å². The van der Waals surface area contributed by atoms with Gasteiger partial charge in [0.05, 0.1) is 5.69 Å². The van der Waals surface area contributed by atoms with Crippen LogP contribution in [-0.4, -0.2) is 48.1 Å². The summed E-state index contributed by atoms with van der Waals surface area (Å²) in [6.07, 6.45) is 2.30. The number of nitrogens with one attached hydrogen (secondary N) is 1. The van der Waals surface area contributed by atoms with Crippen molar-refractivity contribution in [1.29, 1.82) is 0 Å². The normalized spacial score (nSPS) is 16.9. The number of aromatic amines is 1. The molecular formula is C13H20N4O. The second kappa shape index (κ2) is 5.35. The maximum absolute atomic E-state index is 12.0. The molecule has 5 nitrogen and oxygen atoms in total. The molecule has 1 fully saturated rings. The molecule has 0 spiro atoms. The molecule has 0 unspecified atom stereocenters. The topological polar surface area (TPSA) is 52.2 Å². The predicted octanol–water partition coefficient (Wildman–Crippen LogP) is 0.559. The van der Waals surface area contributed by atoms with Gasteiger partial charge >= 0.3 is 0 Å². The minimum absolute atomic E-state index is 0.0451. The van der Waals surface area contributed by atoms with Gasteiger partial charge in [0, 0.05) is 31.7 Å². The minimum atomic E-state index is -0.0451. The number of hydrogen-bond acceptors (Lipinski definition) is 4. The summed E-state index contributed by atoms with van der Waals surface area (Å²) in [4.78, 5) is 23.8. The number of anilines is 1. The zero-order valence-corrected chi connectivity index (χ0v) is 11.1. The highest BCUT2D eigenvalue weighted by atomic mass is 16.1. The van der Waals surface area contributed by atoms with Gasteiger partial charge in [-0.1, -0.05) is 6.08 Å². The molecule has 0 aromatic carbocycles. The van der Waals surface area contributed by atoms with Gasteiger partial charge in [0.1, 0.15) is 0 Å². The molecule has 1 aliphatic rings. The Morgan fingerprint density at radius 1 is 1.39 bits per heavy atom. The van der Waals surface area contributed by atoms with E-state index in [1.807, 2.05) is 6.92 Å². The Hall–Kier alpha value is -1.62. The van der Waals surface area contributed by atoms with Crippen LogP contribution in [0.25, 0.3) is 0 Å². The summed E-state index contributed by atoms with van der Waals surface area (Å²) in [5.74, 6) is 0.693. The first kappa shape index (κ1) is 12.8. The summed E-state index contributed by atoms with van der Waals surface area (Å²) in [6.45, 7) is 9.34. The largest absolute Gasteiger partial charge is 0.340 e. The first-order valence-corrected chi connectivity index (χ1v) is 6.26. The van der Waals surface area contributed by atoms with Crippen molar-refractivity contribution in [3.05, 3.63) is 34.3 Å². The molecule has 0 saturated carbocycles. The number of rotatable bonds is 3. The van der Waals surface area contributed by atoms with E-state index in [-0.39, 0.29) is 5.56 Å². The van der Waals surface area contributed by atoms with Crippen LogP contribution in [0, 0.1) is 6.92 Å². The van der Waals surface area contributed by atoms with Crippen molar-refractivity contribution in [2.24, 2.45) is 0 Å². The Morgan fingerprint density at radius 3 is 2.61 bits per heavy atom. The third-order valence-corrected chi connectivity index (χ3v) is 3.36. The number of piperazine rings is 1. The van der Waals surface area contributed by atoms with Crippen LogP contribution in [0.4, 0.5) is 5.95 Å². The molecule has 0 amide bonds. The van der Waals surface area contributed by atoms with Crippen molar-refractivity contribution in [2.75, 3.05) is 38.1 Å². The summed E-state index contributed by atoms with van der Waals surface area (Å²) in [5.41, 5.74) is 1.46. The summed E-state index contributed by atoms with van der Waals surface area (Å²) in [5, 5.41) is 0. The molecule has 2 heterocycles. The summed E-state index contributed by atoms with van der Waals surface area (Å²) < 4.78 is 0. The highest BCUT2D eigenvalue weighted by Gasteiger charge is 2.17. The Kier molecular flexibility index (Phi) is 3.81. The lowest BCUT2D eigenvalue weighted by Gasteiger charge is -2.32. The van der Waals surface area contributed by atoms with E-state index < -0.39 is 0 Å². The highest BCUT2D eigenvalue weighted by molar-refractivity contribution is 5.34. The smallest absolute Gasteiger partial charge is 0.256 e. The van der Waals surface area contributed by atoms with Gasteiger partial charge in [0.25, 0.3) is 5.56 Å². The molecule has 18 heavy (non-hydrogen) atoms. The highest BCUT2D eigenvalue weighted by Crippen LogP contribution is 2.11. The second-order valence-corrected chi connectivity index (χ2v) is 4.74. The number of hydrogen-bond donors (Lipinski definition) is 1. The van der Waals surface area contributed by atoms with Crippen LogP contribution in [0.3, 0.4) is 0 Å². The van der Waals surface area contributed by atoms with Crippen LogP contribution in [0.1, 0.15) is 11.3 Å². The van der Waals surface area contributed by atoms with Crippen LogP contribution in [-0.2, 0) is 6.42 Å². The fourth-order valence-corrected chi connectivity index (χ4v) is 2.15. The van der Waals surface area contributed by atoms with E-state index in [4.69, 9.17) is 0 Å². The van der Waals surface area contributed by atoms with Crippen LogP contribution >= 0.6 is 0 Å². The molecule has 1 aromatic heterocycles. The van der Waals surface area contributed by atoms with Gasteiger partial charge < -0.3 is 9.80 Å². The molecule has 0 aliphatic carbocycles. The third-order valence-electron chi connectivity index (χ3n) is 3.36. The zero-order chi connectivity index (χ0) is 13.1. The SMILES string of the molecule is C=CCc1c(C)nc(N2CCN(C)CC2)[nH]c1=O. The summed E-state index contributed by atoms with van der Waals surface area (Å²) >= 11 is 0. The van der Waals surface area contributed by atoms with Gasteiger partial charge in [0.15, 0.2) is 0 Å². The van der Waals surface area contributed by atoms with Crippen molar-refractivity contribution in [2.45, 2.75) is 13.3 Å². The van der Waals surface area contributed by atoms with Crippen LogP contribution < -0.4 is 10.5 Å². The molecule has 1 saturated heterocycles. The lowest BCUT2D eigenvalue weighted by molar-refractivity contribution is 0.311. The molecule has 1 aromatic rings. The maximum Gasteiger partial charge on any atom is 0.256 e. The molecule has 0 atom stereocenters. The number of aryl methyl sites for hydroxylation is 1. The zero-order valence-electron chi connectivity index (χ0n) is 11.1. The van der Waals surface area contributed by atoms with E-state index in [1.165, 1.54) is 0 Å². The Balaban J connectivity index is 2.25. The quantitative estimate of drug-likeness (QED) is 0.794. The average molecular weight is 248 g/mol. The van der Waals surface area contributed by atoms with Gasteiger partial charge in [0.2, 0.25) is 5.95 Å². The van der Waals surface area contributed by atoms with E-state index in [0.717, 1.165) is 31.9 Å². The fraction of sp³-hybridized carbons (Fsp3) is 0.538. The van der Waals surface area contributed by atoms with E-state index in [1.54, 1.807) is 6.08 Å². The number of nitrogens with zero attached hydrogens (tertiary/aromatic N) is 3. The van der Waals surface area contributed by atoms with Crippen LogP contribution in [0.5, 0.6) is 0 Å². The first-order valence-electron chi connectivity index (χ1n) is 6.26. The minimum Gasteiger partial charge on any atom is -0.340 e. The predicted molar refractivity (Wildman–Crippen MR) is 73.2 cm³/mol. The number of likely N-dealkylation sites (N-methyl/N-ethyl adjacent to an activating group) is 1. The lowest BCUT2D eigenvalue weighted by Crippen LogP contribution is -2.45. The molecule has 1 aliphatic heterocycles. The van der Waals surface area contributed by atoms with E-state index in [9.17, 15) is 4.79 Å². The molecule has 0 radical (unpaired) electrons. The third kappa shape index (κ3) is 2.61. The fourth-order valence-electron chi connectivity index (χ4n) is 2.15. The standard InChI is InChI=1S/C13H20N4O/c1-4-5-11-10(2)14-13(15-12(11)18)17-8-6-16(3)7-9-17/h4H,1,5-9H2,2-3H3,(H,14,15,18). The summed E-state index contributed by atoms with van der Waals surface area (Å²) in [7, 11) is 2.10. The lowest BCUT2D eigenvalue weighted by atomic mass is 10.2. The van der Waals surface area contributed by atoms with Gasteiger partial charge in [-0.25, -0.2) is 4.98 Å². The number of aromatic nitrogens is 2. The molecule has 2 rings (SSSR count). The monoisotopic (exact) mass is 248 g/mol. The van der Waals surface area contributed by atoms with Gasteiger partial charge in [-0.05, 0) is 20.4 Å². The van der Waals surface area contributed by atoms with Crippen LogP contribution in [0.2, 0.25) is 0 Å². The summed E-state index contributed by atoms with van der Waals surface area (Å²) in [6, 6.07) is 0. The van der Waals surface area contributed by atoms with E-state index >= 15 is 0 Å². The molecule has 5 heteroatoms. The van der Waals surface area contributed by atoms with Gasteiger partial charge in [-0.15, -0.1) is 6.58 Å². The molecule has 98 valence electrons. The Labute approximate surface area is 107 Å². The van der Waals surface area contributed by atoms with E-state index in [0.29, 0.717) is 17.9 Å². The second-order valence-electron chi connectivity index (χ2n) is 4.74. The van der Waals surface area contributed by atoms with E-state index in [2.05, 4.69) is 33.4 Å². The van der Waals surface area contributed by atoms with Crippen molar-refractivity contribution in [3.8, 4) is 0 Å². The molecule has 0 bridgehead atoms. The number of H-pyrrole nitrogens is 1. The Bertz CT molecular complexity index is 486. The Morgan fingerprint density at radius 2 is 2.06 bits per heavy atom. The average Bonchev–Trinajstić information content (AvgIpc) is 2.34. The van der Waals surface area contributed by atoms with Crippen molar-refractivity contribution in [1.82, 2.24) is 14.9 Å². The molecule has 1 N–H and O–H groups in total. The van der Waals surface area contributed by atoms with Gasteiger partial charge in [-0.2, -0.15) is 0 Å². The first-order chi connectivity index (χ1) is 8.61. The molecular weight excluding hydrogens is 228 g/mol. The van der Waals surface area contributed by atoms with Gasteiger partial charge in [-0.3, -0.25) is 9.78 Å². The van der Waals surface area contributed by atoms with Crippen molar-refractivity contribution < 1.29 is 0 Å². The van der Waals surface area contributed by atoms with Crippen molar-refractivity contribution >= 4 is 5.95 Å². The maximum atomic E-state index is 12.0. The van der Waals surface area contributed by atoms with Crippen LogP contribution in [0.15, 0.2) is 17.4 Å². The number of allylic oxidation sites excluding steroid dienone is 1.